The highest BCUT2D eigenvalue weighted by Gasteiger charge is 1.99. The third-order valence-electron chi connectivity index (χ3n) is 2.03. The van der Waals surface area contributed by atoms with Crippen LogP contribution in [-0.2, 0) is 0 Å². The van der Waals surface area contributed by atoms with Crippen LogP contribution in [0.25, 0.3) is 0 Å². The number of nitrogens with one attached hydrogen (secondary N) is 1. The molecule has 0 aliphatic carbocycles. The summed E-state index contributed by atoms with van der Waals surface area (Å²) in [5.41, 5.74) is 1.69. The van der Waals surface area contributed by atoms with Crippen molar-refractivity contribution in [3.63, 3.8) is 0 Å². The summed E-state index contributed by atoms with van der Waals surface area (Å²) in [7, 11) is 0. The van der Waals surface area contributed by atoms with E-state index in [-0.39, 0.29) is 5.75 Å². The largest absolute Gasteiger partial charge is 0.506 e. The molecule has 0 aliphatic rings. The van der Waals surface area contributed by atoms with E-state index in [4.69, 9.17) is 0 Å². The first kappa shape index (κ1) is 10.3. The highest BCUT2D eigenvalue weighted by atomic mass is 127. The Kier molecular flexibility index (Phi) is 3.11. The van der Waals surface area contributed by atoms with Crippen molar-refractivity contribution in [2.45, 2.75) is 0 Å². The molecule has 2 N–H and O–H groups in total. The summed E-state index contributed by atoms with van der Waals surface area (Å²) in [6, 6.07) is 15.2. The molecule has 2 nitrogen and oxygen atoms in total. The maximum Gasteiger partial charge on any atom is 0.139 e. The van der Waals surface area contributed by atoms with Crippen LogP contribution < -0.4 is 5.32 Å². The van der Waals surface area contributed by atoms with Gasteiger partial charge in [-0.15, -0.1) is 0 Å². The van der Waals surface area contributed by atoms with Gasteiger partial charge >= 0.3 is 0 Å². The fourth-order valence-electron chi connectivity index (χ4n) is 1.27. The van der Waals surface area contributed by atoms with Crippen LogP contribution in [0.5, 0.6) is 5.75 Å². The molecule has 0 aromatic heterocycles. The van der Waals surface area contributed by atoms with Crippen molar-refractivity contribution in [2.75, 3.05) is 5.32 Å². The van der Waals surface area contributed by atoms with E-state index in [1.165, 1.54) is 3.57 Å². The van der Waals surface area contributed by atoms with E-state index in [1.807, 2.05) is 36.4 Å². The Labute approximate surface area is 102 Å². The topological polar surface area (TPSA) is 32.3 Å². The van der Waals surface area contributed by atoms with E-state index in [2.05, 4.69) is 27.9 Å². The lowest BCUT2D eigenvalue weighted by molar-refractivity contribution is 0.478. The van der Waals surface area contributed by atoms with Crippen molar-refractivity contribution >= 4 is 34.0 Å². The molecular formula is C12H10INO. The fourth-order valence-corrected chi connectivity index (χ4v) is 1.63. The monoisotopic (exact) mass is 311 g/mol. The van der Waals surface area contributed by atoms with Gasteiger partial charge in [0.1, 0.15) is 5.75 Å². The van der Waals surface area contributed by atoms with E-state index in [1.54, 1.807) is 12.1 Å². The molecule has 15 heavy (non-hydrogen) atoms. The second kappa shape index (κ2) is 4.53. The molecule has 0 amide bonds. The Bertz CT molecular complexity index is 453. The summed E-state index contributed by atoms with van der Waals surface area (Å²) in [5.74, 6) is 0.260. The molecular weight excluding hydrogens is 301 g/mol. The number of aromatic hydroxyl groups is 1. The van der Waals surface area contributed by atoms with E-state index < -0.39 is 0 Å². The number of anilines is 2. The van der Waals surface area contributed by atoms with Crippen LogP contribution in [-0.4, -0.2) is 5.11 Å². The highest BCUT2D eigenvalue weighted by Crippen LogP contribution is 2.25. The highest BCUT2D eigenvalue weighted by molar-refractivity contribution is 14.1. The quantitative estimate of drug-likeness (QED) is 0.654. The van der Waals surface area contributed by atoms with Gasteiger partial charge in [-0.1, -0.05) is 12.1 Å². The Morgan fingerprint density at radius 2 is 1.60 bits per heavy atom. The van der Waals surface area contributed by atoms with Gasteiger partial charge in [-0.2, -0.15) is 0 Å². The zero-order valence-corrected chi connectivity index (χ0v) is 10.1. The average Bonchev–Trinajstić information content (AvgIpc) is 2.25. The van der Waals surface area contributed by atoms with Gasteiger partial charge < -0.3 is 10.4 Å². The maximum absolute atomic E-state index is 9.56. The summed E-state index contributed by atoms with van der Waals surface area (Å²) in [4.78, 5) is 0. The van der Waals surface area contributed by atoms with Gasteiger partial charge in [0, 0.05) is 9.26 Å². The van der Waals surface area contributed by atoms with Gasteiger partial charge in [0.2, 0.25) is 0 Å². The van der Waals surface area contributed by atoms with E-state index in [9.17, 15) is 5.11 Å². The van der Waals surface area contributed by atoms with Crippen LogP contribution in [0.1, 0.15) is 0 Å². The van der Waals surface area contributed by atoms with Crippen molar-refractivity contribution < 1.29 is 5.11 Å². The molecule has 0 unspecified atom stereocenters. The average molecular weight is 311 g/mol. The molecule has 0 saturated heterocycles. The molecule has 0 aliphatic heterocycles. The second-order valence-corrected chi connectivity index (χ2v) is 4.39. The van der Waals surface area contributed by atoms with Gasteiger partial charge in [0.15, 0.2) is 0 Å². The van der Waals surface area contributed by atoms with Crippen LogP contribution in [0.2, 0.25) is 0 Å². The summed E-state index contributed by atoms with van der Waals surface area (Å²) in [6.07, 6.45) is 0. The molecule has 2 rings (SSSR count). The molecule has 76 valence electrons. The van der Waals surface area contributed by atoms with Gasteiger partial charge in [0.25, 0.3) is 0 Å². The number of rotatable bonds is 2. The van der Waals surface area contributed by atoms with Gasteiger partial charge in [-0.25, -0.2) is 0 Å². The first-order chi connectivity index (χ1) is 7.25. The smallest absolute Gasteiger partial charge is 0.139 e. The van der Waals surface area contributed by atoms with E-state index >= 15 is 0 Å². The van der Waals surface area contributed by atoms with Crippen molar-refractivity contribution in [3.05, 3.63) is 52.1 Å². The van der Waals surface area contributed by atoms with E-state index in [0.29, 0.717) is 0 Å². The lowest BCUT2D eigenvalue weighted by Crippen LogP contribution is -1.89. The van der Waals surface area contributed by atoms with Crippen LogP contribution in [0.4, 0.5) is 11.4 Å². The predicted octanol–water partition coefficient (Wildman–Crippen LogP) is 3.74. The standard InChI is InChI=1S/C12H10INO/c13-9-5-7-10(8-6-9)14-11-3-1-2-4-12(11)15/h1-8,14-15H. The molecule has 3 heteroatoms. The minimum absolute atomic E-state index is 0.260. The van der Waals surface area contributed by atoms with Crippen LogP contribution in [0.15, 0.2) is 48.5 Å². The number of phenols is 1. The van der Waals surface area contributed by atoms with Crippen molar-refractivity contribution in [1.29, 1.82) is 0 Å². The Balaban J connectivity index is 2.22. The molecule has 0 spiro atoms. The van der Waals surface area contributed by atoms with Crippen molar-refractivity contribution in [3.8, 4) is 5.75 Å². The number of phenolic OH excluding ortho intramolecular Hbond substituents is 1. The first-order valence-corrected chi connectivity index (χ1v) is 5.64. The van der Waals surface area contributed by atoms with Crippen LogP contribution in [0.3, 0.4) is 0 Å². The van der Waals surface area contributed by atoms with Crippen molar-refractivity contribution in [2.24, 2.45) is 0 Å². The lowest BCUT2D eigenvalue weighted by Gasteiger charge is -2.07. The lowest BCUT2D eigenvalue weighted by atomic mass is 10.2. The summed E-state index contributed by atoms with van der Waals surface area (Å²) < 4.78 is 1.19. The first-order valence-electron chi connectivity index (χ1n) is 4.56. The summed E-state index contributed by atoms with van der Waals surface area (Å²) in [6.45, 7) is 0. The van der Waals surface area contributed by atoms with E-state index in [0.717, 1.165) is 11.4 Å². The minimum atomic E-state index is 0.260. The summed E-state index contributed by atoms with van der Waals surface area (Å²) in [5, 5.41) is 12.7. The van der Waals surface area contributed by atoms with Crippen LogP contribution >= 0.6 is 22.6 Å². The normalized spacial score (nSPS) is 9.93. The SMILES string of the molecule is Oc1ccccc1Nc1ccc(I)cc1. The minimum Gasteiger partial charge on any atom is -0.506 e. The summed E-state index contributed by atoms with van der Waals surface area (Å²) >= 11 is 2.26. The van der Waals surface area contributed by atoms with Crippen LogP contribution in [0, 0.1) is 3.57 Å². The number of para-hydroxylation sites is 2. The molecule has 0 fully saturated rings. The number of hydrogen-bond donors (Lipinski definition) is 2. The molecule has 0 heterocycles. The van der Waals surface area contributed by atoms with Gasteiger partial charge in [-0.05, 0) is 59.0 Å². The molecule has 2 aromatic carbocycles. The van der Waals surface area contributed by atoms with Crippen molar-refractivity contribution in [1.82, 2.24) is 0 Å². The molecule has 0 saturated carbocycles. The Morgan fingerprint density at radius 1 is 0.933 bits per heavy atom. The zero-order valence-electron chi connectivity index (χ0n) is 7.94. The Morgan fingerprint density at radius 3 is 2.27 bits per heavy atom. The second-order valence-electron chi connectivity index (χ2n) is 3.15. The fraction of sp³-hybridized carbons (Fsp3) is 0. The molecule has 0 radical (unpaired) electrons. The predicted molar refractivity (Wildman–Crippen MR) is 70.5 cm³/mol. The van der Waals surface area contributed by atoms with Gasteiger partial charge in [-0.3, -0.25) is 0 Å². The maximum atomic E-state index is 9.56. The zero-order chi connectivity index (χ0) is 10.7. The van der Waals surface area contributed by atoms with Gasteiger partial charge in [0.05, 0.1) is 5.69 Å². The molecule has 0 atom stereocenters. The Hall–Kier alpha value is -1.23. The molecule has 2 aromatic rings. The third-order valence-corrected chi connectivity index (χ3v) is 2.75. The third kappa shape index (κ3) is 2.62. The number of hydrogen-bond acceptors (Lipinski definition) is 2. The number of halogens is 1. The number of benzene rings is 2. The molecule has 0 bridgehead atoms.